The lowest BCUT2D eigenvalue weighted by atomic mass is 9.97. The number of rotatable bonds is 9. The van der Waals surface area contributed by atoms with Crippen molar-refractivity contribution in [2.75, 3.05) is 31.3 Å². The smallest absolute Gasteiger partial charge is 0.306 e. The van der Waals surface area contributed by atoms with E-state index in [9.17, 15) is 14.0 Å². The Labute approximate surface area is 210 Å². The molecule has 4 rings (SSSR count). The number of aryl methyl sites for hydroxylation is 1. The highest BCUT2D eigenvalue weighted by molar-refractivity contribution is 6.37. The number of carbonyl (C=O) groups excluding carboxylic acids is 2. The number of halogens is 1. The Morgan fingerprint density at radius 1 is 1.03 bits per heavy atom. The summed E-state index contributed by atoms with van der Waals surface area (Å²) in [6.45, 7) is 2.95. The third kappa shape index (κ3) is 5.98. The lowest BCUT2D eigenvalue weighted by molar-refractivity contribution is -0.143. The van der Waals surface area contributed by atoms with Gasteiger partial charge >= 0.3 is 5.97 Å². The van der Waals surface area contributed by atoms with Crippen molar-refractivity contribution in [3.8, 4) is 0 Å². The first-order chi connectivity index (χ1) is 17.3. The minimum atomic E-state index is -0.415. The molecule has 0 saturated heterocycles. The lowest BCUT2D eigenvalue weighted by Gasteiger charge is -2.17. The molecule has 0 radical (unpaired) electrons. The minimum absolute atomic E-state index is 0.247. The first kappa shape index (κ1) is 25.1. The van der Waals surface area contributed by atoms with Crippen molar-refractivity contribution in [3.63, 3.8) is 0 Å². The van der Waals surface area contributed by atoms with E-state index in [1.807, 2.05) is 62.6 Å². The minimum Gasteiger partial charge on any atom is -0.466 e. The Morgan fingerprint density at radius 3 is 2.53 bits per heavy atom. The maximum atomic E-state index is 13.8. The van der Waals surface area contributed by atoms with E-state index in [2.05, 4.69) is 15.5 Å². The van der Waals surface area contributed by atoms with Gasteiger partial charge in [0.2, 0.25) is 0 Å². The van der Waals surface area contributed by atoms with Gasteiger partial charge in [-0.2, -0.15) is 0 Å². The monoisotopic (exact) mass is 487 g/mol. The van der Waals surface area contributed by atoms with Crippen molar-refractivity contribution in [2.24, 2.45) is 0 Å². The second-order valence-corrected chi connectivity index (χ2v) is 8.96. The molecule has 1 amide bonds. The highest BCUT2D eigenvalue weighted by Gasteiger charge is 2.29. The number of hydrogen-bond acceptors (Lipinski definition) is 5. The van der Waals surface area contributed by atoms with E-state index in [-0.39, 0.29) is 18.3 Å². The van der Waals surface area contributed by atoms with Gasteiger partial charge in [0.05, 0.1) is 23.6 Å². The Morgan fingerprint density at radius 2 is 1.81 bits per heavy atom. The first-order valence-corrected chi connectivity index (χ1v) is 11.9. The van der Waals surface area contributed by atoms with Crippen LogP contribution in [0.3, 0.4) is 0 Å². The quantitative estimate of drug-likeness (QED) is 0.316. The highest BCUT2D eigenvalue weighted by Crippen LogP contribution is 2.38. The second kappa shape index (κ2) is 11.2. The molecule has 0 unspecified atom stereocenters. The Balaban J connectivity index is 1.74. The van der Waals surface area contributed by atoms with E-state index in [0.717, 1.165) is 23.4 Å². The summed E-state index contributed by atoms with van der Waals surface area (Å²) in [7, 11) is 4.03. The van der Waals surface area contributed by atoms with Gasteiger partial charge in [0, 0.05) is 24.2 Å². The molecule has 1 aliphatic heterocycles. The Bertz CT molecular complexity index is 1300. The van der Waals surface area contributed by atoms with Crippen molar-refractivity contribution in [1.29, 1.82) is 0 Å². The maximum absolute atomic E-state index is 13.8. The van der Waals surface area contributed by atoms with Crippen LogP contribution in [0.15, 0.2) is 66.7 Å². The summed E-state index contributed by atoms with van der Waals surface area (Å²) in [4.78, 5) is 27.0. The summed E-state index contributed by atoms with van der Waals surface area (Å²) in [6.07, 6.45) is 0.787. The number of esters is 1. The molecule has 0 aromatic heterocycles. The van der Waals surface area contributed by atoms with Gasteiger partial charge in [0.25, 0.3) is 5.91 Å². The number of nitrogens with zero attached hydrogens (tertiary/aromatic N) is 1. The Kier molecular flexibility index (Phi) is 7.80. The zero-order valence-electron chi connectivity index (χ0n) is 20.7. The van der Waals surface area contributed by atoms with Gasteiger partial charge < -0.3 is 20.3 Å². The van der Waals surface area contributed by atoms with E-state index in [0.29, 0.717) is 35.5 Å². The molecule has 3 aromatic rings. The van der Waals surface area contributed by atoms with Crippen molar-refractivity contribution >= 4 is 34.5 Å². The van der Waals surface area contributed by atoms with Crippen LogP contribution in [0.25, 0.3) is 11.3 Å². The molecule has 0 aliphatic carbocycles. The number of benzene rings is 3. The predicted molar refractivity (Wildman–Crippen MR) is 141 cm³/mol. The van der Waals surface area contributed by atoms with Gasteiger partial charge in [-0.1, -0.05) is 30.3 Å². The molecule has 6 nitrogen and oxygen atoms in total. The first-order valence-electron chi connectivity index (χ1n) is 11.9. The second-order valence-electron chi connectivity index (χ2n) is 8.96. The summed E-state index contributed by atoms with van der Waals surface area (Å²) in [6, 6.07) is 20.0. The summed E-state index contributed by atoms with van der Waals surface area (Å²) in [5, 5.41) is 6.22. The third-order valence-corrected chi connectivity index (χ3v) is 5.84. The fourth-order valence-corrected chi connectivity index (χ4v) is 4.24. The van der Waals surface area contributed by atoms with Crippen molar-refractivity contribution in [1.82, 2.24) is 4.90 Å². The fraction of sp³-hybridized carbons (Fsp3) is 0.241. The normalized spacial score (nSPS) is 13.9. The SMILES string of the molecule is CCOC(=O)CCc1cccc(C(Nc2ccc(CN(C)C)cc2)=C2C(=O)Nc3cc(F)ccc32)c1. The van der Waals surface area contributed by atoms with Gasteiger partial charge in [-0.25, -0.2) is 4.39 Å². The van der Waals surface area contributed by atoms with Crippen LogP contribution < -0.4 is 10.6 Å². The molecule has 2 N–H and O–H groups in total. The van der Waals surface area contributed by atoms with Crippen molar-refractivity contribution in [3.05, 3.63) is 94.8 Å². The van der Waals surface area contributed by atoms with E-state index in [1.54, 1.807) is 13.0 Å². The molecule has 0 saturated carbocycles. The van der Waals surface area contributed by atoms with Gasteiger partial charge in [0.1, 0.15) is 5.82 Å². The number of carbonyl (C=O) groups is 2. The van der Waals surface area contributed by atoms with Crippen LogP contribution >= 0.6 is 0 Å². The average molecular weight is 488 g/mol. The molecule has 0 bridgehead atoms. The summed E-state index contributed by atoms with van der Waals surface area (Å²) in [5.41, 5.74) is 5.83. The molecule has 3 aromatic carbocycles. The van der Waals surface area contributed by atoms with Crippen LogP contribution in [0.4, 0.5) is 15.8 Å². The van der Waals surface area contributed by atoms with Gasteiger partial charge in [-0.3, -0.25) is 9.59 Å². The summed E-state index contributed by atoms with van der Waals surface area (Å²) >= 11 is 0. The van der Waals surface area contributed by atoms with Crippen molar-refractivity contribution in [2.45, 2.75) is 26.3 Å². The number of ether oxygens (including phenoxy) is 1. The van der Waals surface area contributed by atoms with E-state index >= 15 is 0 Å². The Hall–Kier alpha value is -3.97. The lowest BCUT2D eigenvalue weighted by Crippen LogP contribution is -2.11. The summed E-state index contributed by atoms with van der Waals surface area (Å²) in [5.74, 6) is -0.968. The van der Waals surface area contributed by atoms with Crippen LogP contribution in [0.5, 0.6) is 0 Å². The van der Waals surface area contributed by atoms with Crippen molar-refractivity contribution < 1.29 is 18.7 Å². The highest BCUT2D eigenvalue weighted by atomic mass is 19.1. The largest absolute Gasteiger partial charge is 0.466 e. The van der Waals surface area contributed by atoms with Gasteiger partial charge in [-0.15, -0.1) is 0 Å². The molecular weight excluding hydrogens is 457 g/mol. The fourth-order valence-electron chi connectivity index (χ4n) is 4.24. The number of hydrogen-bond donors (Lipinski definition) is 2. The van der Waals surface area contributed by atoms with Gasteiger partial charge in [0.15, 0.2) is 0 Å². The molecule has 1 heterocycles. The molecule has 0 fully saturated rings. The molecule has 0 spiro atoms. The maximum Gasteiger partial charge on any atom is 0.306 e. The van der Waals surface area contributed by atoms with E-state index < -0.39 is 5.82 Å². The third-order valence-electron chi connectivity index (χ3n) is 5.84. The average Bonchev–Trinajstić information content (AvgIpc) is 3.16. The zero-order valence-corrected chi connectivity index (χ0v) is 20.7. The number of amides is 1. The topological polar surface area (TPSA) is 70.7 Å². The molecule has 186 valence electrons. The van der Waals surface area contributed by atoms with Crippen LogP contribution in [-0.2, 0) is 27.3 Å². The van der Waals surface area contributed by atoms with E-state index in [1.165, 1.54) is 17.7 Å². The number of fused-ring (bicyclic) bond motifs is 1. The van der Waals surface area contributed by atoms with E-state index in [4.69, 9.17) is 4.74 Å². The molecule has 36 heavy (non-hydrogen) atoms. The number of anilines is 2. The van der Waals surface area contributed by atoms with Gasteiger partial charge in [-0.05, 0) is 80.5 Å². The predicted octanol–water partition coefficient (Wildman–Crippen LogP) is 5.32. The van der Waals surface area contributed by atoms with Crippen LogP contribution in [0.1, 0.15) is 35.6 Å². The molecule has 7 heteroatoms. The number of nitrogens with one attached hydrogen (secondary N) is 2. The van der Waals surface area contributed by atoms with Crippen LogP contribution in [0, 0.1) is 5.82 Å². The molecular formula is C29H30FN3O3. The molecule has 0 atom stereocenters. The van der Waals surface area contributed by atoms with Crippen LogP contribution in [0.2, 0.25) is 0 Å². The van der Waals surface area contributed by atoms with Crippen LogP contribution in [-0.4, -0.2) is 37.5 Å². The standard InChI is InChI=1S/C29H30FN3O3/c1-4-36-26(34)15-10-19-6-5-7-21(16-19)28(31-23-12-8-20(9-13-23)18-33(2)3)27-24-14-11-22(30)17-25(24)32-29(27)35/h5-9,11-14,16-17,31H,4,10,15,18H2,1-3H3,(H,32,35). The zero-order chi connectivity index (χ0) is 25.7. The summed E-state index contributed by atoms with van der Waals surface area (Å²) < 4.78 is 18.9. The molecule has 1 aliphatic rings.